The fourth-order valence-electron chi connectivity index (χ4n) is 3.74. The summed E-state index contributed by atoms with van der Waals surface area (Å²) in [5.74, 6) is 0.0365. The molecule has 3 aromatic heterocycles. The van der Waals surface area contributed by atoms with Gasteiger partial charge in [-0.3, -0.25) is 4.79 Å². The zero-order chi connectivity index (χ0) is 21.9. The summed E-state index contributed by atoms with van der Waals surface area (Å²) in [5.41, 5.74) is 2.70. The van der Waals surface area contributed by atoms with Crippen LogP contribution in [0.2, 0.25) is 0 Å². The van der Waals surface area contributed by atoms with Crippen LogP contribution in [0, 0.1) is 6.92 Å². The molecular formula is C21H20BrN5O4. The number of amides is 1. The lowest BCUT2D eigenvalue weighted by Crippen LogP contribution is -2.41. The van der Waals surface area contributed by atoms with E-state index in [1.54, 1.807) is 25.1 Å². The van der Waals surface area contributed by atoms with E-state index in [9.17, 15) is 9.90 Å². The average Bonchev–Trinajstić information content (AvgIpc) is 3.43. The third-order valence-corrected chi connectivity index (χ3v) is 5.82. The number of carbonyl (C=O) groups is 1. The number of aliphatic hydroxyl groups is 1. The molecule has 0 spiro atoms. The monoisotopic (exact) mass is 485 g/mol. The number of H-pyrrole nitrogens is 1. The number of aromatic amines is 1. The van der Waals surface area contributed by atoms with Crippen molar-refractivity contribution >= 4 is 32.9 Å². The summed E-state index contributed by atoms with van der Waals surface area (Å²) in [4.78, 5) is 31.5. The van der Waals surface area contributed by atoms with Crippen LogP contribution in [0.1, 0.15) is 59.2 Å². The molecule has 1 aromatic carbocycles. The Morgan fingerprint density at radius 3 is 2.87 bits per heavy atom. The third-order valence-electron chi connectivity index (χ3n) is 5.28. The molecule has 31 heavy (non-hydrogen) atoms. The SMILES string of the molecule is Cc1ccc2nc([C@@H]3c4nc[nH]c4CCN3C(=O)c3oc(C(C)(C)O)nc3Br)oc2c1. The number of nitrogens with zero attached hydrogens (tertiary/aromatic N) is 4. The highest BCUT2D eigenvalue weighted by molar-refractivity contribution is 9.10. The number of carbonyl (C=O) groups excluding carboxylic acids is 1. The Hall–Kier alpha value is -2.98. The Bertz CT molecular complexity index is 1300. The number of aryl methyl sites for hydroxylation is 1. The van der Waals surface area contributed by atoms with Crippen LogP contribution in [-0.4, -0.2) is 42.4 Å². The maximum absolute atomic E-state index is 13.5. The summed E-state index contributed by atoms with van der Waals surface area (Å²) in [6.07, 6.45) is 2.20. The van der Waals surface area contributed by atoms with Gasteiger partial charge in [-0.1, -0.05) is 6.07 Å². The maximum atomic E-state index is 13.5. The molecule has 9 nitrogen and oxygen atoms in total. The third kappa shape index (κ3) is 3.35. The van der Waals surface area contributed by atoms with Crippen LogP contribution in [0.4, 0.5) is 0 Å². The van der Waals surface area contributed by atoms with E-state index in [0.717, 1.165) is 11.3 Å². The molecule has 2 N–H and O–H groups in total. The molecule has 1 amide bonds. The topological polar surface area (TPSA) is 121 Å². The first-order valence-corrected chi connectivity index (χ1v) is 10.6. The molecule has 1 aliphatic rings. The van der Waals surface area contributed by atoms with Gasteiger partial charge >= 0.3 is 0 Å². The van der Waals surface area contributed by atoms with Crippen molar-refractivity contribution < 1.29 is 18.7 Å². The fraction of sp³-hybridized carbons (Fsp3) is 0.333. The summed E-state index contributed by atoms with van der Waals surface area (Å²) in [7, 11) is 0. The summed E-state index contributed by atoms with van der Waals surface area (Å²) >= 11 is 3.29. The Morgan fingerprint density at radius 2 is 2.13 bits per heavy atom. The van der Waals surface area contributed by atoms with Crippen LogP contribution >= 0.6 is 15.9 Å². The number of hydrogen-bond acceptors (Lipinski definition) is 7. The number of benzene rings is 1. The minimum atomic E-state index is -1.32. The highest BCUT2D eigenvalue weighted by Gasteiger charge is 2.40. The van der Waals surface area contributed by atoms with E-state index >= 15 is 0 Å². The molecule has 1 atom stereocenters. The minimum Gasteiger partial charge on any atom is -0.438 e. The van der Waals surface area contributed by atoms with Gasteiger partial charge in [0.05, 0.1) is 12.0 Å². The smallest absolute Gasteiger partial charge is 0.293 e. The van der Waals surface area contributed by atoms with Crippen LogP contribution < -0.4 is 0 Å². The van der Waals surface area contributed by atoms with Gasteiger partial charge in [-0.15, -0.1) is 0 Å². The second-order valence-electron chi connectivity index (χ2n) is 8.14. The summed E-state index contributed by atoms with van der Waals surface area (Å²) in [6.45, 7) is 5.46. The quantitative estimate of drug-likeness (QED) is 0.454. The summed E-state index contributed by atoms with van der Waals surface area (Å²) < 4.78 is 11.9. The van der Waals surface area contributed by atoms with Crippen molar-refractivity contribution in [2.24, 2.45) is 0 Å². The molecule has 0 radical (unpaired) electrons. The Morgan fingerprint density at radius 1 is 1.32 bits per heavy atom. The molecule has 0 fully saturated rings. The Kier molecular flexibility index (Phi) is 4.52. The molecule has 4 heterocycles. The Balaban J connectivity index is 1.60. The van der Waals surface area contributed by atoms with Gasteiger partial charge < -0.3 is 23.8 Å². The number of aromatic nitrogens is 4. The molecule has 1 aliphatic heterocycles. The van der Waals surface area contributed by atoms with Crippen LogP contribution in [0.3, 0.4) is 0 Å². The van der Waals surface area contributed by atoms with E-state index in [1.165, 1.54) is 0 Å². The van der Waals surface area contributed by atoms with Crippen LogP contribution in [0.15, 0.2) is 38.0 Å². The zero-order valence-corrected chi connectivity index (χ0v) is 18.7. The van der Waals surface area contributed by atoms with E-state index < -0.39 is 17.6 Å². The zero-order valence-electron chi connectivity index (χ0n) is 17.1. The lowest BCUT2D eigenvalue weighted by Gasteiger charge is -2.32. The number of nitrogens with one attached hydrogen (secondary N) is 1. The van der Waals surface area contributed by atoms with Crippen molar-refractivity contribution in [1.29, 1.82) is 0 Å². The van der Waals surface area contributed by atoms with Gasteiger partial charge in [0.15, 0.2) is 16.2 Å². The number of hydrogen-bond donors (Lipinski definition) is 2. The van der Waals surface area contributed by atoms with Crippen molar-refractivity contribution in [3.05, 3.63) is 63.6 Å². The largest absolute Gasteiger partial charge is 0.438 e. The Labute approximate surface area is 185 Å². The highest BCUT2D eigenvalue weighted by Crippen LogP contribution is 2.37. The van der Waals surface area contributed by atoms with Crippen LogP contribution in [0.25, 0.3) is 11.1 Å². The minimum absolute atomic E-state index is 0.00747. The number of imidazole rings is 1. The van der Waals surface area contributed by atoms with Crippen molar-refractivity contribution in [1.82, 2.24) is 24.8 Å². The first kappa shape index (κ1) is 20.0. The lowest BCUT2D eigenvalue weighted by molar-refractivity contribution is 0.0436. The van der Waals surface area contributed by atoms with Gasteiger partial charge in [0, 0.05) is 18.7 Å². The van der Waals surface area contributed by atoms with Gasteiger partial charge in [-0.25, -0.2) is 15.0 Å². The second-order valence-corrected chi connectivity index (χ2v) is 8.89. The van der Waals surface area contributed by atoms with Crippen molar-refractivity contribution in [3.63, 3.8) is 0 Å². The van der Waals surface area contributed by atoms with Gasteiger partial charge in [0.25, 0.3) is 5.91 Å². The molecule has 0 aliphatic carbocycles. The van der Waals surface area contributed by atoms with Crippen LogP contribution in [0.5, 0.6) is 0 Å². The van der Waals surface area contributed by atoms with Crippen LogP contribution in [-0.2, 0) is 12.0 Å². The van der Waals surface area contributed by atoms with Crippen molar-refractivity contribution in [3.8, 4) is 0 Å². The average molecular weight is 486 g/mol. The van der Waals surface area contributed by atoms with Gasteiger partial charge in [0.2, 0.25) is 17.5 Å². The fourth-order valence-corrected chi connectivity index (χ4v) is 4.15. The predicted octanol–water partition coefficient (Wildman–Crippen LogP) is 3.63. The molecule has 0 unspecified atom stereocenters. The first-order chi connectivity index (χ1) is 14.7. The van der Waals surface area contributed by atoms with E-state index in [4.69, 9.17) is 8.83 Å². The normalized spacial score (nSPS) is 16.7. The summed E-state index contributed by atoms with van der Waals surface area (Å²) in [6, 6.07) is 5.13. The van der Waals surface area contributed by atoms with Gasteiger partial charge in [-0.05, 0) is 54.4 Å². The van der Waals surface area contributed by atoms with Crippen molar-refractivity contribution in [2.45, 2.75) is 38.8 Å². The van der Waals surface area contributed by atoms with E-state index in [0.29, 0.717) is 35.6 Å². The molecule has 4 aromatic rings. The molecule has 160 valence electrons. The number of oxazole rings is 2. The number of rotatable bonds is 3. The first-order valence-electron chi connectivity index (χ1n) is 9.82. The summed E-state index contributed by atoms with van der Waals surface area (Å²) in [5, 5.41) is 10.2. The lowest BCUT2D eigenvalue weighted by atomic mass is 10.0. The number of fused-ring (bicyclic) bond motifs is 2. The molecular weight excluding hydrogens is 466 g/mol. The number of halogens is 1. The standard InChI is InChI=1S/C21H20BrN5O4/c1-10-4-5-11-13(8-10)30-18(25-11)15-14-12(23-9-24-14)6-7-27(15)19(28)16-17(22)26-20(31-16)21(2,3)29/h4-5,8-9,15,29H,6-7H2,1-3H3,(H,23,24)/t15-/m0/s1. The predicted molar refractivity (Wildman–Crippen MR) is 113 cm³/mol. The maximum Gasteiger partial charge on any atom is 0.293 e. The van der Waals surface area contributed by atoms with Gasteiger partial charge in [0.1, 0.15) is 11.1 Å². The molecule has 10 heteroatoms. The molecule has 5 rings (SSSR count). The van der Waals surface area contributed by atoms with Gasteiger partial charge in [-0.2, -0.15) is 0 Å². The molecule has 0 saturated carbocycles. The van der Waals surface area contributed by atoms with E-state index in [1.807, 2.05) is 25.1 Å². The molecule has 0 saturated heterocycles. The van der Waals surface area contributed by atoms with Crippen molar-refractivity contribution in [2.75, 3.05) is 6.54 Å². The van der Waals surface area contributed by atoms with E-state index in [2.05, 4.69) is 35.9 Å². The molecule has 0 bridgehead atoms. The second kappa shape index (κ2) is 7.03. The highest BCUT2D eigenvalue weighted by atomic mass is 79.9. The van der Waals surface area contributed by atoms with E-state index in [-0.39, 0.29) is 16.3 Å².